The van der Waals surface area contributed by atoms with E-state index >= 15 is 0 Å². The highest BCUT2D eigenvalue weighted by molar-refractivity contribution is 5.39. The molecule has 0 bridgehead atoms. The molecule has 4 heteroatoms. The maximum atomic E-state index is 5.67. The summed E-state index contributed by atoms with van der Waals surface area (Å²) < 4.78 is 5.67. The Kier molecular flexibility index (Phi) is 4.53. The van der Waals surface area contributed by atoms with Crippen LogP contribution in [-0.2, 0) is 6.42 Å². The van der Waals surface area contributed by atoms with Crippen molar-refractivity contribution in [1.82, 2.24) is 9.97 Å². The fourth-order valence-corrected chi connectivity index (χ4v) is 1.65. The zero-order chi connectivity index (χ0) is 12.6. The second kappa shape index (κ2) is 6.59. The van der Waals surface area contributed by atoms with Gasteiger partial charge < -0.3 is 10.1 Å². The Morgan fingerprint density at radius 3 is 2.78 bits per heavy atom. The first-order valence-corrected chi connectivity index (χ1v) is 6.04. The maximum Gasteiger partial charge on any atom is 0.129 e. The van der Waals surface area contributed by atoms with E-state index in [0.29, 0.717) is 6.61 Å². The molecule has 0 aliphatic carbocycles. The number of nitrogens with one attached hydrogen (secondary N) is 1. The molecule has 0 amide bonds. The van der Waals surface area contributed by atoms with Crippen LogP contribution >= 0.6 is 0 Å². The summed E-state index contributed by atoms with van der Waals surface area (Å²) in [6.07, 6.45) is 7.37. The third-order valence-corrected chi connectivity index (χ3v) is 2.62. The van der Waals surface area contributed by atoms with Gasteiger partial charge in [0.15, 0.2) is 0 Å². The van der Waals surface area contributed by atoms with Crippen LogP contribution in [0, 0.1) is 0 Å². The second-order valence-electron chi connectivity index (χ2n) is 3.93. The molecule has 2 heterocycles. The summed E-state index contributed by atoms with van der Waals surface area (Å²) in [5, 5.41) is 2.99. The van der Waals surface area contributed by atoms with Crippen LogP contribution in [0.5, 0.6) is 5.75 Å². The van der Waals surface area contributed by atoms with Gasteiger partial charge in [-0.2, -0.15) is 0 Å². The van der Waals surface area contributed by atoms with E-state index in [2.05, 4.69) is 15.3 Å². The van der Waals surface area contributed by atoms with Gasteiger partial charge in [-0.25, -0.2) is 4.98 Å². The summed E-state index contributed by atoms with van der Waals surface area (Å²) in [5.41, 5.74) is 1.29. The van der Waals surface area contributed by atoms with E-state index < -0.39 is 0 Å². The average molecular weight is 243 g/mol. The molecule has 0 fully saturated rings. The van der Waals surface area contributed by atoms with E-state index in [1.165, 1.54) is 5.56 Å². The zero-order valence-electron chi connectivity index (χ0n) is 10.5. The fraction of sp³-hybridized carbons (Fsp3) is 0.286. The van der Waals surface area contributed by atoms with E-state index in [4.69, 9.17) is 4.74 Å². The molecule has 0 unspecified atom stereocenters. The molecule has 0 aliphatic heterocycles. The van der Waals surface area contributed by atoms with Gasteiger partial charge in [0.25, 0.3) is 0 Å². The van der Waals surface area contributed by atoms with Crippen molar-refractivity contribution in [2.24, 2.45) is 0 Å². The van der Waals surface area contributed by atoms with Crippen LogP contribution in [0.15, 0.2) is 42.9 Å². The van der Waals surface area contributed by atoms with E-state index in [9.17, 15) is 0 Å². The van der Waals surface area contributed by atoms with Crippen LogP contribution in [-0.4, -0.2) is 23.6 Å². The van der Waals surface area contributed by atoms with Crippen LogP contribution in [0.2, 0.25) is 0 Å². The fourth-order valence-electron chi connectivity index (χ4n) is 1.65. The smallest absolute Gasteiger partial charge is 0.129 e. The van der Waals surface area contributed by atoms with Gasteiger partial charge in [0.1, 0.15) is 11.6 Å². The molecule has 0 aliphatic rings. The molecule has 0 radical (unpaired) electrons. The highest BCUT2D eigenvalue weighted by Crippen LogP contribution is 2.14. The molecule has 2 aromatic heterocycles. The van der Waals surface area contributed by atoms with Crippen LogP contribution in [0.3, 0.4) is 0 Å². The maximum absolute atomic E-state index is 5.67. The number of hydrogen-bond donors (Lipinski definition) is 1. The number of nitrogens with zero attached hydrogens (tertiary/aromatic N) is 2. The van der Waals surface area contributed by atoms with Crippen LogP contribution in [0.4, 0.5) is 5.82 Å². The molecule has 2 rings (SSSR count). The SMILES string of the molecule is CNc1cc(OCCCc2ccncc2)ccn1. The van der Waals surface area contributed by atoms with E-state index in [1.54, 1.807) is 6.20 Å². The van der Waals surface area contributed by atoms with Crippen molar-refractivity contribution in [3.05, 3.63) is 48.4 Å². The Hall–Kier alpha value is -2.10. The van der Waals surface area contributed by atoms with E-state index in [-0.39, 0.29) is 0 Å². The standard InChI is InChI=1S/C14H17N3O/c1-15-14-11-13(6-9-17-14)18-10-2-3-12-4-7-16-8-5-12/h4-9,11H,2-3,10H2,1H3,(H,15,17). The Morgan fingerprint density at radius 2 is 2.00 bits per heavy atom. The molecular formula is C14H17N3O. The number of ether oxygens (including phenoxy) is 1. The molecule has 1 N–H and O–H groups in total. The molecule has 0 aromatic carbocycles. The number of aryl methyl sites for hydroxylation is 1. The predicted molar refractivity (Wildman–Crippen MR) is 71.8 cm³/mol. The number of anilines is 1. The summed E-state index contributed by atoms with van der Waals surface area (Å²) in [7, 11) is 1.84. The normalized spacial score (nSPS) is 10.1. The Labute approximate surface area is 107 Å². The molecule has 0 atom stereocenters. The Bertz CT molecular complexity index is 473. The monoisotopic (exact) mass is 243 g/mol. The number of pyridine rings is 2. The first kappa shape index (κ1) is 12.4. The average Bonchev–Trinajstić information content (AvgIpc) is 2.45. The van der Waals surface area contributed by atoms with Gasteiger partial charge in [0.05, 0.1) is 6.61 Å². The predicted octanol–water partition coefficient (Wildman–Crippen LogP) is 2.53. The molecule has 2 aromatic rings. The molecular weight excluding hydrogens is 226 g/mol. The van der Waals surface area contributed by atoms with Crippen molar-refractivity contribution in [3.63, 3.8) is 0 Å². The first-order valence-electron chi connectivity index (χ1n) is 6.04. The van der Waals surface area contributed by atoms with Gasteiger partial charge in [-0.15, -0.1) is 0 Å². The van der Waals surface area contributed by atoms with E-state index in [0.717, 1.165) is 24.4 Å². The van der Waals surface area contributed by atoms with Gasteiger partial charge in [-0.3, -0.25) is 4.98 Å². The van der Waals surface area contributed by atoms with Crippen LogP contribution in [0.25, 0.3) is 0 Å². The van der Waals surface area contributed by atoms with Gasteiger partial charge in [-0.05, 0) is 36.6 Å². The van der Waals surface area contributed by atoms with Crippen molar-refractivity contribution in [2.75, 3.05) is 19.0 Å². The number of rotatable bonds is 6. The van der Waals surface area contributed by atoms with Gasteiger partial charge in [0.2, 0.25) is 0 Å². The molecule has 0 saturated heterocycles. The number of hydrogen-bond acceptors (Lipinski definition) is 4. The minimum Gasteiger partial charge on any atom is -0.493 e. The van der Waals surface area contributed by atoms with Crippen molar-refractivity contribution in [3.8, 4) is 5.75 Å². The van der Waals surface area contributed by atoms with Gasteiger partial charge in [0, 0.05) is 31.7 Å². The van der Waals surface area contributed by atoms with E-state index in [1.807, 2.05) is 43.7 Å². The molecule has 0 spiro atoms. The van der Waals surface area contributed by atoms with Crippen LogP contribution in [0.1, 0.15) is 12.0 Å². The minimum absolute atomic E-state index is 0.704. The topological polar surface area (TPSA) is 47.0 Å². The van der Waals surface area contributed by atoms with Crippen molar-refractivity contribution in [1.29, 1.82) is 0 Å². The van der Waals surface area contributed by atoms with Crippen LogP contribution < -0.4 is 10.1 Å². The van der Waals surface area contributed by atoms with Crippen molar-refractivity contribution >= 4 is 5.82 Å². The molecule has 0 saturated carbocycles. The van der Waals surface area contributed by atoms with Crippen molar-refractivity contribution < 1.29 is 4.74 Å². The lowest BCUT2D eigenvalue weighted by Crippen LogP contribution is -2.00. The van der Waals surface area contributed by atoms with Crippen molar-refractivity contribution in [2.45, 2.75) is 12.8 Å². The summed E-state index contributed by atoms with van der Waals surface area (Å²) in [5.74, 6) is 1.67. The molecule has 18 heavy (non-hydrogen) atoms. The third-order valence-electron chi connectivity index (χ3n) is 2.62. The lowest BCUT2D eigenvalue weighted by atomic mass is 10.1. The summed E-state index contributed by atoms with van der Waals surface area (Å²) >= 11 is 0. The first-order chi connectivity index (χ1) is 8.88. The summed E-state index contributed by atoms with van der Waals surface area (Å²) in [6, 6.07) is 7.83. The molecule has 94 valence electrons. The lowest BCUT2D eigenvalue weighted by Gasteiger charge is -2.07. The highest BCUT2D eigenvalue weighted by atomic mass is 16.5. The lowest BCUT2D eigenvalue weighted by molar-refractivity contribution is 0.311. The second-order valence-corrected chi connectivity index (χ2v) is 3.93. The zero-order valence-corrected chi connectivity index (χ0v) is 10.5. The largest absolute Gasteiger partial charge is 0.493 e. The highest BCUT2D eigenvalue weighted by Gasteiger charge is 1.97. The minimum atomic E-state index is 0.704. The summed E-state index contributed by atoms with van der Waals surface area (Å²) in [6.45, 7) is 0.704. The molecule has 4 nitrogen and oxygen atoms in total. The quantitative estimate of drug-likeness (QED) is 0.792. The van der Waals surface area contributed by atoms with Gasteiger partial charge in [-0.1, -0.05) is 0 Å². The number of aromatic nitrogens is 2. The Morgan fingerprint density at radius 1 is 1.17 bits per heavy atom. The third kappa shape index (κ3) is 3.73. The van der Waals surface area contributed by atoms with Gasteiger partial charge >= 0.3 is 0 Å². The Balaban J connectivity index is 1.75. The summed E-state index contributed by atoms with van der Waals surface area (Å²) in [4.78, 5) is 8.13.